The van der Waals surface area contributed by atoms with Gasteiger partial charge in [-0.3, -0.25) is 19.2 Å². The van der Waals surface area contributed by atoms with Gasteiger partial charge in [0.2, 0.25) is 17.7 Å². The maximum absolute atomic E-state index is 12.8. The maximum Gasteiger partial charge on any atom is 0.326 e. The molecule has 1 aromatic heterocycles. The number of rotatable bonds is 14. The number of H-pyrrole nitrogens is 1. The average molecular weight is 470 g/mol. The molecule has 0 aliphatic heterocycles. The van der Waals surface area contributed by atoms with Crippen LogP contribution in [-0.2, 0) is 30.4 Å². The summed E-state index contributed by atoms with van der Waals surface area (Å²) in [5.41, 5.74) is 5.87. The summed E-state index contributed by atoms with van der Waals surface area (Å²) in [6.45, 7) is 2.89. The number of carbonyl (C=O) groups is 5. The Morgan fingerprint density at radius 3 is 2.06 bits per heavy atom. The Labute approximate surface area is 189 Å². The molecule has 0 aliphatic carbocycles. The van der Waals surface area contributed by atoms with Gasteiger partial charge in [-0.25, -0.2) is 9.78 Å². The van der Waals surface area contributed by atoms with E-state index in [-0.39, 0.29) is 18.8 Å². The van der Waals surface area contributed by atoms with Crippen molar-refractivity contribution in [1.29, 1.82) is 0 Å². The summed E-state index contributed by atoms with van der Waals surface area (Å²) >= 11 is 0. The van der Waals surface area contributed by atoms with Crippen LogP contribution in [0.2, 0.25) is 0 Å². The van der Waals surface area contributed by atoms with Crippen LogP contribution < -0.4 is 21.7 Å². The van der Waals surface area contributed by atoms with Crippen LogP contribution in [0, 0.1) is 5.92 Å². The molecule has 4 atom stereocenters. The zero-order valence-electron chi connectivity index (χ0n) is 18.3. The predicted molar refractivity (Wildman–Crippen MR) is 112 cm³/mol. The molecule has 14 heteroatoms. The lowest BCUT2D eigenvalue weighted by Gasteiger charge is -2.25. The molecule has 0 spiro atoms. The fourth-order valence-electron chi connectivity index (χ4n) is 2.81. The molecule has 0 saturated carbocycles. The summed E-state index contributed by atoms with van der Waals surface area (Å²) in [4.78, 5) is 66.7. The van der Waals surface area contributed by atoms with Crippen molar-refractivity contribution in [3.63, 3.8) is 0 Å². The van der Waals surface area contributed by atoms with E-state index in [0.29, 0.717) is 5.69 Å². The van der Waals surface area contributed by atoms with Crippen molar-refractivity contribution in [2.24, 2.45) is 11.7 Å². The number of nitrogens with two attached hydrogens (primary N) is 1. The van der Waals surface area contributed by atoms with Gasteiger partial charge in [-0.15, -0.1) is 0 Å². The van der Waals surface area contributed by atoms with Crippen LogP contribution in [0.15, 0.2) is 12.5 Å². The molecular weight excluding hydrogens is 440 g/mol. The molecule has 0 bridgehead atoms. The maximum atomic E-state index is 12.8. The van der Waals surface area contributed by atoms with Crippen molar-refractivity contribution in [2.75, 3.05) is 6.61 Å². The molecular formula is C19H30N6O8. The normalized spacial score (nSPS) is 14.6. The number of carboxylic acids is 2. The molecule has 0 saturated heterocycles. The minimum Gasteiger partial charge on any atom is -0.481 e. The van der Waals surface area contributed by atoms with E-state index in [0.717, 1.165) is 0 Å². The number of imidazole rings is 1. The van der Waals surface area contributed by atoms with Crippen LogP contribution >= 0.6 is 0 Å². The van der Waals surface area contributed by atoms with Gasteiger partial charge in [0.25, 0.3) is 0 Å². The second-order valence-corrected chi connectivity index (χ2v) is 7.82. The number of carbonyl (C=O) groups excluding carboxylic acids is 3. The highest BCUT2D eigenvalue weighted by atomic mass is 16.4. The number of nitrogens with one attached hydrogen (secondary N) is 4. The van der Waals surface area contributed by atoms with Crippen LogP contribution in [0.25, 0.3) is 0 Å². The average Bonchev–Trinajstić information content (AvgIpc) is 3.23. The minimum atomic E-state index is -1.61. The van der Waals surface area contributed by atoms with E-state index in [9.17, 15) is 29.1 Å². The van der Waals surface area contributed by atoms with Crippen molar-refractivity contribution in [3.8, 4) is 0 Å². The predicted octanol–water partition coefficient (Wildman–Crippen LogP) is -2.67. The van der Waals surface area contributed by atoms with Crippen molar-refractivity contribution < 1.29 is 39.3 Å². The number of aliphatic carboxylic acids is 2. The highest BCUT2D eigenvalue weighted by Crippen LogP contribution is 2.07. The number of aliphatic hydroxyl groups excluding tert-OH is 1. The molecule has 14 nitrogen and oxygen atoms in total. The summed E-state index contributed by atoms with van der Waals surface area (Å²) in [6, 6.07) is -5.47. The van der Waals surface area contributed by atoms with Gasteiger partial charge < -0.3 is 42.0 Å². The Morgan fingerprint density at radius 2 is 1.58 bits per heavy atom. The number of amides is 3. The van der Waals surface area contributed by atoms with E-state index in [1.54, 1.807) is 13.8 Å². The number of aromatic nitrogens is 2. The first-order valence-corrected chi connectivity index (χ1v) is 10.1. The lowest BCUT2D eigenvalue weighted by Crippen LogP contribution is -2.58. The molecule has 33 heavy (non-hydrogen) atoms. The van der Waals surface area contributed by atoms with Gasteiger partial charge in [-0.2, -0.15) is 0 Å². The summed E-state index contributed by atoms with van der Waals surface area (Å²) in [7, 11) is 0. The molecule has 1 rings (SSSR count). The van der Waals surface area contributed by atoms with Crippen LogP contribution in [0.3, 0.4) is 0 Å². The Bertz CT molecular complexity index is 828. The van der Waals surface area contributed by atoms with Gasteiger partial charge >= 0.3 is 11.9 Å². The van der Waals surface area contributed by atoms with E-state index in [2.05, 4.69) is 25.9 Å². The molecule has 0 aliphatic rings. The topological polar surface area (TPSA) is 237 Å². The number of aliphatic hydroxyl groups is 1. The fraction of sp³-hybridized carbons (Fsp3) is 0.579. The first kappa shape index (κ1) is 27.5. The molecule has 4 unspecified atom stereocenters. The molecule has 1 heterocycles. The Morgan fingerprint density at radius 1 is 1.00 bits per heavy atom. The summed E-state index contributed by atoms with van der Waals surface area (Å²) in [6.07, 6.45) is 1.85. The molecule has 184 valence electrons. The fourth-order valence-corrected chi connectivity index (χ4v) is 2.81. The van der Waals surface area contributed by atoms with Crippen LogP contribution in [0.5, 0.6) is 0 Å². The Kier molecular flexibility index (Phi) is 10.9. The molecule has 0 aromatic carbocycles. The van der Waals surface area contributed by atoms with E-state index in [1.165, 1.54) is 12.5 Å². The molecule has 9 N–H and O–H groups in total. The number of hydrogen-bond donors (Lipinski definition) is 8. The van der Waals surface area contributed by atoms with Crippen LogP contribution in [-0.4, -0.2) is 85.7 Å². The second kappa shape index (κ2) is 13.1. The van der Waals surface area contributed by atoms with Crippen molar-refractivity contribution in [2.45, 2.75) is 57.3 Å². The van der Waals surface area contributed by atoms with E-state index < -0.39 is 66.9 Å². The smallest absolute Gasteiger partial charge is 0.326 e. The number of carboxylic acid groups (broad SMARTS) is 2. The van der Waals surface area contributed by atoms with Crippen LogP contribution in [0.4, 0.5) is 0 Å². The quantitative estimate of drug-likeness (QED) is 0.140. The standard InChI is InChI=1S/C19H30N6O8/c1-9(2)3-12(23-16(29)11(20)7-26)17(30)24-13(5-15(27)28)18(31)25-14(19(32)33)4-10-6-21-8-22-10/h6,8-9,11-14,26H,3-5,7,20H2,1-2H3,(H,21,22)(H,23,29)(H,24,30)(H,25,31)(H,27,28)(H,32,33). The summed E-state index contributed by atoms with van der Waals surface area (Å²) < 4.78 is 0. The first-order chi connectivity index (χ1) is 15.4. The molecule has 3 amide bonds. The lowest BCUT2D eigenvalue weighted by atomic mass is 10.0. The highest BCUT2D eigenvalue weighted by molar-refractivity contribution is 5.95. The van der Waals surface area contributed by atoms with Crippen LogP contribution in [0.1, 0.15) is 32.4 Å². The van der Waals surface area contributed by atoms with E-state index >= 15 is 0 Å². The molecule has 0 radical (unpaired) electrons. The van der Waals surface area contributed by atoms with Gasteiger partial charge in [-0.1, -0.05) is 13.8 Å². The third-order valence-corrected chi connectivity index (χ3v) is 4.48. The highest BCUT2D eigenvalue weighted by Gasteiger charge is 2.32. The third-order valence-electron chi connectivity index (χ3n) is 4.48. The summed E-state index contributed by atoms with van der Waals surface area (Å²) in [5, 5.41) is 34.4. The van der Waals surface area contributed by atoms with Gasteiger partial charge in [0.15, 0.2) is 0 Å². The minimum absolute atomic E-state index is 0.0797. The van der Waals surface area contributed by atoms with E-state index in [4.69, 9.17) is 15.9 Å². The van der Waals surface area contributed by atoms with Crippen molar-refractivity contribution in [3.05, 3.63) is 18.2 Å². The lowest BCUT2D eigenvalue weighted by molar-refractivity contribution is -0.143. The summed E-state index contributed by atoms with van der Waals surface area (Å²) in [5.74, 6) is -5.56. The third kappa shape index (κ3) is 9.65. The van der Waals surface area contributed by atoms with Gasteiger partial charge in [0.05, 0.1) is 19.4 Å². The number of nitrogens with zero attached hydrogens (tertiary/aromatic N) is 1. The zero-order chi connectivity index (χ0) is 25.1. The Hall–Kier alpha value is -3.52. The molecule has 1 aromatic rings. The molecule has 0 fully saturated rings. The monoisotopic (exact) mass is 470 g/mol. The van der Waals surface area contributed by atoms with Crippen molar-refractivity contribution in [1.82, 2.24) is 25.9 Å². The first-order valence-electron chi connectivity index (χ1n) is 10.1. The zero-order valence-corrected chi connectivity index (χ0v) is 18.3. The van der Waals surface area contributed by atoms with Crippen molar-refractivity contribution >= 4 is 29.7 Å². The number of aromatic amines is 1. The second-order valence-electron chi connectivity index (χ2n) is 7.82. The van der Waals surface area contributed by atoms with E-state index in [1.807, 2.05) is 0 Å². The largest absolute Gasteiger partial charge is 0.481 e. The number of hydrogen-bond acceptors (Lipinski definition) is 8. The van der Waals surface area contributed by atoms with Gasteiger partial charge in [-0.05, 0) is 12.3 Å². The van der Waals surface area contributed by atoms with Gasteiger partial charge in [0.1, 0.15) is 24.2 Å². The van der Waals surface area contributed by atoms with Gasteiger partial charge in [0, 0.05) is 18.3 Å². The SMILES string of the molecule is CC(C)CC(NC(=O)C(N)CO)C(=O)NC(CC(=O)O)C(=O)NC(Cc1cnc[nH]1)C(=O)O. The Balaban J connectivity index is 2.97.